The van der Waals surface area contributed by atoms with Gasteiger partial charge in [-0.2, -0.15) is 0 Å². The van der Waals surface area contributed by atoms with E-state index in [1.165, 1.54) is 0 Å². The molecule has 1 aliphatic heterocycles. The molecule has 0 bridgehead atoms. The van der Waals surface area contributed by atoms with Crippen molar-refractivity contribution in [2.24, 2.45) is 0 Å². The van der Waals surface area contributed by atoms with Crippen LogP contribution in [0.15, 0.2) is 72.5 Å². The van der Waals surface area contributed by atoms with Crippen LogP contribution in [-0.4, -0.2) is 19.5 Å². The molecule has 0 amide bonds. The molecule has 0 atom stereocenters. The van der Waals surface area contributed by atoms with Gasteiger partial charge >= 0.3 is 0 Å². The molecule has 3 aromatic rings. The number of carbonyl (C=O) groups is 1. The monoisotopic (exact) mass is 402 g/mol. The third kappa shape index (κ3) is 4.15. The van der Waals surface area contributed by atoms with Gasteiger partial charge in [-0.05, 0) is 48.9 Å². The number of ketones is 1. The predicted molar refractivity (Wildman–Crippen MR) is 114 cm³/mol. The molecule has 0 unspecified atom stereocenters. The number of allylic oxidation sites excluding steroid dienone is 1. The fourth-order valence-corrected chi connectivity index (χ4v) is 3.21. The van der Waals surface area contributed by atoms with Crippen LogP contribution >= 0.6 is 0 Å². The summed E-state index contributed by atoms with van der Waals surface area (Å²) < 4.78 is 22.6. The molecule has 1 heterocycles. The van der Waals surface area contributed by atoms with Crippen LogP contribution in [0.5, 0.6) is 23.0 Å². The second kappa shape index (κ2) is 8.74. The van der Waals surface area contributed by atoms with E-state index in [0.717, 1.165) is 16.9 Å². The van der Waals surface area contributed by atoms with Crippen molar-refractivity contribution in [3.05, 3.63) is 89.2 Å². The van der Waals surface area contributed by atoms with Gasteiger partial charge in [0, 0.05) is 11.6 Å². The summed E-state index contributed by atoms with van der Waals surface area (Å²) in [7, 11) is 1.63. The number of hydrogen-bond acceptors (Lipinski definition) is 5. The van der Waals surface area contributed by atoms with Gasteiger partial charge in [0.2, 0.25) is 5.78 Å². The lowest BCUT2D eigenvalue weighted by Crippen LogP contribution is -1.99. The SMILES string of the molecule is CCOc1ccccc1/C=C1\Oc2cc(OCc3cccc(OC)c3)ccc2C1=O. The molecule has 5 heteroatoms. The topological polar surface area (TPSA) is 54.0 Å². The van der Waals surface area contributed by atoms with Gasteiger partial charge in [-0.25, -0.2) is 0 Å². The first-order valence-corrected chi connectivity index (χ1v) is 9.74. The van der Waals surface area contributed by atoms with Crippen molar-refractivity contribution in [2.45, 2.75) is 13.5 Å². The van der Waals surface area contributed by atoms with E-state index in [0.29, 0.717) is 36.0 Å². The minimum Gasteiger partial charge on any atom is -0.497 e. The fourth-order valence-electron chi connectivity index (χ4n) is 3.21. The molecule has 4 rings (SSSR count). The number of Topliss-reactive ketones (excluding diaryl/α,β-unsaturated/α-hetero) is 1. The van der Waals surface area contributed by atoms with Gasteiger partial charge in [-0.3, -0.25) is 4.79 Å². The molecule has 30 heavy (non-hydrogen) atoms. The molecule has 0 aliphatic carbocycles. The molecule has 0 aromatic heterocycles. The Morgan fingerprint density at radius 3 is 2.63 bits per heavy atom. The molecule has 3 aromatic carbocycles. The highest BCUT2D eigenvalue weighted by molar-refractivity contribution is 6.14. The van der Waals surface area contributed by atoms with Crippen molar-refractivity contribution in [2.75, 3.05) is 13.7 Å². The zero-order valence-corrected chi connectivity index (χ0v) is 16.9. The van der Waals surface area contributed by atoms with Crippen LogP contribution in [0.1, 0.15) is 28.4 Å². The minimum atomic E-state index is -0.157. The Kier molecular flexibility index (Phi) is 5.70. The molecule has 0 saturated carbocycles. The third-order valence-electron chi connectivity index (χ3n) is 4.69. The van der Waals surface area contributed by atoms with Crippen LogP contribution in [-0.2, 0) is 6.61 Å². The highest BCUT2D eigenvalue weighted by Gasteiger charge is 2.28. The largest absolute Gasteiger partial charge is 0.497 e. The van der Waals surface area contributed by atoms with Crippen LogP contribution < -0.4 is 18.9 Å². The van der Waals surface area contributed by atoms with E-state index >= 15 is 0 Å². The first kappa shape index (κ1) is 19.6. The second-order valence-electron chi connectivity index (χ2n) is 6.71. The highest BCUT2D eigenvalue weighted by Crippen LogP contribution is 2.36. The standard InChI is InChI=1S/C25H22O5/c1-3-28-22-10-5-4-8-18(22)14-24-25(26)21-12-11-20(15-23(21)30-24)29-16-17-7-6-9-19(13-17)27-2/h4-15H,3,16H2,1-2H3/b24-14-. The van der Waals surface area contributed by atoms with Gasteiger partial charge in [0.25, 0.3) is 0 Å². The van der Waals surface area contributed by atoms with E-state index < -0.39 is 0 Å². The van der Waals surface area contributed by atoms with E-state index in [9.17, 15) is 4.79 Å². The van der Waals surface area contributed by atoms with Crippen LogP contribution in [0.25, 0.3) is 6.08 Å². The Labute approximate surface area is 175 Å². The summed E-state index contributed by atoms with van der Waals surface area (Å²) in [4.78, 5) is 12.7. The molecule has 0 saturated heterocycles. The Balaban J connectivity index is 1.51. The number of methoxy groups -OCH3 is 1. The van der Waals surface area contributed by atoms with Crippen LogP contribution in [0.4, 0.5) is 0 Å². The van der Waals surface area contributed by atoms with Crippen molar-refractivity contribution in [1.82, 2.24) is 0 Å². The summed E-state index contributed by atoms with van der Waals surface area (Å²) in [6.45, 7) is 2.85. The number of fused-ring (bicyclic) bond motifs is 1. The second-order valence-corrected chi connectivity index (χ2v) is 6.71. The first-order chi connectivity index (χ1) is 14.7. The van der Waals surface area contributed by atoms with Gasteiger partial charge in [-0.1, -0.05) is 30.3 Å². The molecule has 0 spiro atoms. The maximum absolute atomic E-state index is 12.7. The molecule has 5 nitrogen and oxygen atoms in total. The number of carbonyl (C=O) groups excluding carboxylic acids is 1. The summed E-state index contributed by atoms with van der Waals surface area (Å²) in [6.07, 6.45) is 1.71. The summed E-state index contributed by atoms with van der Waals surface area (Å²) in [5.41, 5.74) is 2.30. The Bertz CT molecular complexity index is 1100. The number of hydrogen-bond donors (Lipinski definition) is 0. The van der Waals surface area contributed by atoms with E-state index in [4.69, 9.17) is 18.9 Å². The Morgan fingerprint density at radius 1 is 0.933 bits per heavy atom. The first-order valence-electron chi connectivity index (χ1n) is 9.74. The highest BCUT2D eigenvalue weighted by atomic mass is 16.5. The van der Waals surface area contributed by atoms with Gasteiger partial charge in [0.15, 0.2) is 5.76 Å². The van der Waals surface area contributed by atoms with Crippen molar-refractivity contribution < 1.29 is 23.7 Å². The molecule has 0 fully saturated rings. The lowest BCUT2D eigenvalue weighted by atomic mass is 10.1. The molecular weight excluding hydrogens is 380 g/mol. The molecular formula is C25H22O5. The summed E-state index contributed by atoms with van der Waals surface area (Å²) >= 11 is 0. The zero-order chi connectivity index (χ0) is 20.9. The number of para-hydroxylation sites is 1. The van der Waals surface area contributed by atoms with E-state index in [-0.39, 0.29) is 11.5 Å². The molecule has 152 valence electrons. The van der Waals surface area contributed by atoms with Gasteiger partial charge in [0.1, 0.15) is 29.6 Å². The average Bonchev–Trinajstić information content (AvgIpc) is 3.08. The molecule has 1 aliphatic rings. The van der Waals surface area contributed by atoms with E-state index in [1.807, 2.05) is 55.5 Å². The number of ether oxygens (including phenoxy) is 4. The average molecular weight is 402 g/mol. The zero-order valence-electron chi connectivity index (χ0n) is 16.9. The van der Waals surface area contributed by atoms with Crippen molar-refractivity contribution in [3.63, 3.8) is 0 Å². The Morgan fingerprint density at radius 2 is 1.80 bits per heavy atom. The molecule has 0 radical (unpaired) electrons. The maximum Gasteiger partial charge on any atom is 0.231 e. The summed E-state index contributed by atoms with van der Waals surface area (Å²) in [5.74, 6) is 2.71. The van der Waals surface area contributed by atoms with Crippen molar-refractivity contribution >= 4 is 11.9 Å². The third-order valence-corrected chi connectivity index (χ3v) is 4.69. The van der Waals surface area contributed by atoms with E-state index in [1.54, 1.807) is 31.4 Å². The van der Waals surface area contributed by atoms with Gasteiger partial charge in [0.05, 0.1) is 19.3 Å². The van der Waals surface area contributed by atoms with Crippen molar-refractivity contribution in [3.8, 4) is 23.0 Å². The maximum atomic E-state index is 12.7. The van der Waals surface area contributed by atoms with Crippen LogP contribution in [0, 0.1) is 0 Å². The van der Waals surface area contributed by atoms with Gasteiger partial charge < -0.3 is 18.9 Å². The minimum absolute atomic E-state index is 0.157. The summed E-state index contributed by atoms with van der Waals surface area (Å²) in [6, 6.07) is 20.5. The van der Waals surface area contributed by atoms with E-state index in [2.05, 4.69) is 0 Å². The van der Waals surface area contributed by atoms with Gasteiger partial charge in [-0.15, -0.1) is 0 Å². The van der Waals surface area contributed by atoms with Crippen LogP contribution in [0.2, 0.25) is 0 Å². The van der Waals surface area contributed by atoms with Crippen molar-refractivity contribution in [1.29, 1.82) is 0 Å². The normalized spacial score (nSPS) is 13.7. The number of rotatable bonds is 7. The Hall–Kier alpha value is -3.73. The predicted octanol–water partition coefficient (Wildman–Crippen LogP) is 5.29. The number of benzene rings is 3. The lowest BCUT2D eigenvalue weighted by Gasteiger charge is -2.08. The smallest absolute Gasteiger partial charge is 0.231 e. The van der Waals surface area contributed by atoms with Crippen LogP contribution in [0.3, 0.4) is 0 Å². The fraction of sp³-hybridized carbons (Fsp3) is 0.160. The molecule has 0 N–H and O–H groups in total. The quantitative estimate of drug-likeness (QED) is 0.503. The summed E-state index contributed by atoms with van der Waals surface area (Å²) in [5, 5.41) is 0. The lowest BCUT2D eigenvalue weighted by molar-refractivity contribution is 0.101.